The molecule has 0 atom stereocenters. The number of anilines is 5. The zero-order chi connectivity index (χ0) is 27.4. The van der Waals surface area contributed by atoms with E-state index in [9.17, 15) is 16.8 Å². The van der Waals surface area contributed by atoms with E-state index in [-0.39, 0.29) is 22.7 Å². The van der Waals surface area contributed by atoms with Crippen LogP contribution in [0.15, 0.2) is 42.9 Å². The van der Waals surface area contributed by atoms with Crippen molar-refractivity contribution >= 4 is 70.7 Å². The van der Waals surface area contributed by atoms with Gasteiger partial charge in [0.15, 0.2) is 0 Å². The lowest BCUT2D eigenvalue weighted by Gasteiger charge is -2.25. The van der Waals surface area contributed by atoms with Gasteiger partial charge in [-0.2, -0.15) is 0 Å². The number of nitrogens with two attached hydrogens (primary N) is 1. The Morgan fingerprint density at radius 1 is 0.895 bits per heavy atom. The Morgan fingerprint density at radius 3 is 2.24 bits per heavy atom. The fraction of sp³-hybridized carbons (Fsp3) is 0.333. The molecule has 2 aromatic carbocycles. The first kappa shape index (κ1) is 25.9. The minimum Gasteiger partial charge on any atom is -0.397 e. The van der Waals surface area contributed by atoms with Crippen LogP contribution in [0.1, 0.15) is 26.7 Å². The number of fused-ring (bicyclic) bond motifs is 2. The van der Waals surface area contributed by atoms with Crippen LogP contribution in [-0.2, 0) is 20.0 Å². The second kappa shape index (κ2) is 9.20. The Kier molecular flexibility index (Phi) is 6.26. The molecule has 0 spiro atoms. The smallest absolute Gasteiger partial charge is 0.237 e. The molecule has 0 saturated heterocycles. The van der Waals surface area contributed by atoms with Gasteiger partial charge < -0.3 is 11.1 Å². The summed E-state index contributed by atoms with van der Waals surface area (Å²) >= 11 is 0. The summed E-state index contributed by atoms with van der Waals surface area (Å²) in [7, 11) is -4.38. The average molecular weight is 557 g/mol. The van der Waals surface area contributed by atoms with Gasteiger partial charge in [-0.15, -0.1) is 0 Å². The summed E-state index contributed by atoms with van der Waals surface area (Å²) in [6.45, 7) is 3.17. The molecule has 4 aromatic rings. The molecular weight excluding hydrogens is 528 g/mol. The minimum atomic E-state index is -3.70. The highest BCUT2D eigenvalue weighted by Gasteiger charge is 2.40. The van der Waals surface area contributed by atoms with Gasteiger partial charge in [-0.25, -0.2) is 21.8 Å². The van der Waals surface area contributed by atoms with Gasteiger partial charge in [-0.3, -0.25) is 23.6 Å². The quantitative estimate of drug-likeness (QED) is 0.308. The normalized spacial score (nSPS) is 14.2. The second-order valence-electron chi connectivity index (χ2n) is 9.41. The van der Waals surface area contributed by atoms with Gasteiger partial charge in [0.2, 0.25) is 20.0 Å². The molecule has 0 amide bonds. The van der Waals surface area contributed by atoms with Crippen molar-refractivity contribution in [2.45, 2.75) is 37.2 Å². The summed E-state index contributed by atoms with van der Waals surface area (Å²) < 4.78 is 54.6. The summed E-state index contributed by atoms with van der Waals surface area (Å²) in [5.41, 5.74) is 9.08. The van der Waals surface area contributed by atoms with Crippen LogP contribution in [0.2, 0.25) is 0 Å². The molecule has 1 fully saturated rings. The molecule has 2 heterocycles. The van der Waals surface area contributed by atoms with Gasteiger partial charge >= 0.3 is 0 Å². The second-order valence-corrected chi connectivity index (χ2v) is 14.2. The number of benzene rings is 2. The van der Waals surface area contributed by atoms with Crippen LogP contribution in [0.4, 0.5) is 28.6 Å². The van der Waals surface area contributed by atoms with Gasteiger partial charge in [0, 0.05) is 26.5 Å². The molecule has 12 nitrogen and oxygen atoms in total. The molecular formula is C24H28N8O4S2. The number of hydrogen-bond donors (Lipinski definition) is 2. The predicted molar refractivity (Wildman–Crippen MR) is 150 cm³/mol. The van der Waals surface area contributed by atoms with E-state index in [0.717, 1.165) is 4.31 Å². The maximum atomic E-state index is 13.2. The Morgan fingerprint density at radius 2 is 1.55 bits per heavy atom. The van der Waals surface area contributed by atoms with Crippen LogP contribution in [0.25, 0.3) is 22.1 Å². The van der Waals surface area contributed by atoms with Crippen molar-refractivity contribution in [1.82, 2.24) is 19.9 Å². The lowest BCUT2D eigenvalue weighted by Crippen LogP contribution is -2.33. The lowest BCUT2D eigenvalue weighted by atomic mass is 10.2. The maximum absolute atomic E-state index is 13.2. The van der Waals surface area contributed by atoms with Crippen molar-refractivity contribution < 1.29 is 16.8 Å². The highest BCUT2D eigenvalue weighted by atomic mass is 32.2. The maximum Gasteiger partial charge on any atom is 0.237 e. The molecule has 1 aliphatic rings. The first-order chi connectivity index (χ1) is 17.9. The predicted octanol–water partition coefficient (Wildman–Crippen LogP) is 3.00. The Labute approximate surface area is 221 Å². The molecule has 14 heteroatoms. The topological polar surface area (TPSA) is 164 Å². The van der Waals surface area contributed by atoms with E-state index in [4.69, 9.17) is 5.73 Å². The number of hydrogen-bond acceptors (Lipinski definition) is 10. The molecule has 5 rings (SSSR count). The summed E-state index contributed by atoms with van der Waals surface area (Å²) in [5.74, 6) is 0.265. The van der Waals surface area contributed by atoms with Gasteiger partial charge in [0.05, 0.1) is 39.1 Å². The Balaban J connectivity index is 1.65. The number of rotatable bonds is 8. The third kappa shape index (κ3) is 4.32. The molecule has 200 valence electrons. The van der Waals surface area contributed by atoms with Crippen molar-refractivity contribution in [1.29, 1.82) is 0 Å². The largest absolute Gasteiger partial charge is 0.397 e. The van der Waals surface area contributed by atoms with Gasteiger partial charge in [-0.1, -0.05) is 0 Å². The lowest BCUT2D eigenvalue weighted by molar-refractivity contribution is 0.585. The highest BCUT2D eigenvalue weighted by Crippen LogP contribution is 2.40. The van der Waals surface area contributed by atoms with E-state index in [1.807, 2.05) is 0 Å². The summed E-state index contributed by atoms with van der Waals surface area (Å²) in [6.07, 6.45) is 5.75. The fourth-order valence-corrected chi connectivity index (χ4v) is 6.91. The zero-order valence-electron chi connectivity index (χ0n) is 21.3. The van der Waals surface area contributed by atoms with E-state index in [0.29, 0.717) is 40.8 Å². The zero-order valence-corrected chi connectivity index (χ0v) is 23.0. The van der Waals surface area contributed by atoms with Crippen LogP contribution in [-0.4, -0.2) is 61.4 Å². The van der Waals surface area contributed by atoms with E-state index < -0.39 is 30.5 Å². The van der Waals surface area contributed by atoms with Gasteiger partial charge in [0.1, 0.15) is 28.2 Å². The summed E-state index contributed by atoms with van der Waals surface area (Å²) in [5, 5.41) is 2.05. The molecule has 1 aliphatic carbocycles. The van der Waals surface area contributed by atoms with Crippen LogP contribution in [0, 0.1) is 0 Å². The van der Waals surface area contributed by atoms with E-state index in [2.05, 4.69) is 25.3 Å². The van der Waals surface area contributed by atoms with Crippen molar-refractivity contribution in [3.63, 3.8) is 0 Å². The third-order valence-corrected chi connectivity index (χ3v) is 10.9. The summed E-state index contributed by atoms with van der Waals surface area (Å²) in [6, 6.07) is 6.68. The summed E-state index contributed by atoms with van der Waals surface area (Å²) in [4.78, 5) is 17.8. The molecule has 0 aliphatic heterocycles. The molecule has 0 unspecified atom stereocenters. The SMILES string of the molecule is CC(C)S(=O)(=O)N(C)c1c(N)ccc2ncc(Nc3ccc4nccnc4c3N(C)S(=O)(=O)C3CC3)nc12. The van der Waals surface area contributed by atoms with Crippen molar-refractivity contribution in [3.8, 4) is 0 Å². The number of aromatic nitrogens is 4. The molecule has 2 aromatic heterocycles. The average Bonchev–Trinajstić information content (AvgIpc) is 3.74. The number of sulfonamides is 2. The molecule has 38 heavy (non-hydrogen) atoms. The Hall–Kier alpha value is -3.78. The molecule has 0 radical (unpaired) electrons. The first-order valence-electron chi connectivity index (χ1n) is 11.9. The monoisotopic (exact) mass is 556 g/mol. The highest BCUT2D eigenvalue weighted by molar-refractivity contribution is 7.93. The van der Waals surface area contributed by atoms with Crippen LogP contribution >= 0.6 is 0 Å². The van der Waals surface area contributed by atoms with Crippen molar-refractivity contribution in [2.24, 2.45) is 0 Å². The van der Waals surface area contributed by atoms with Gasteiger partial charge in [0.25, 0.3) is 0 Å². The Bertz CT molecular complexity index is 1770. The fourth-order valence-electron chi connectivity index (χ4n) is 4.21. The first-order valence-corrected chi connectivity index (χ1v) is 14.9. The number of nitrogens with zero attached hydrogens (tertiary/aromatic N) is 6. The standard InChI is InChI=1S/C24H28N8O4S2/c1-14(2)37(33,34)31(3)23-16(25)7-8-18-22(23)30-20(13-28-18)29-19-10-9-17-21(27-12-11-26-17)24(19)32(4)38(35,36)15-5-6-15/h7-15H,5-6,25H2,1-4H3,(H,29,30). The van der Waals surface area contributed by atoms with E-state index in [1.54, 1.807) is 38.1 Å². The van der Waals surface area contributed by atoms with E-state index >= 15 is 0 Å². The third-order valence-electron chi connectivity index (χ3n) is 6.53. The van der Waals surface area contributed by atoms with E-state index in [1.165, 1.54) is 37.0 Å². The van der Waals surface area contributed by atoms with Crippen LogP contribution in [0.5, 0.6) is 0 Å². The van der Waals surface area contributed by atoms with Crippen LogP contribution in [0.3, 0.4) is 0 Å². The van der Waals surface area contributed by atoms with Crippen molar-refractivity contribution in [2.75, 3.05) is 33.8 Å². The van der Waals surface area contributed by atoms with Gasteiger partial charge in [-0.05, 0) is 51.0 Å². The number of nitrogen functional groups attached to an aromatic ring is 1. The van der Waals surface area contributed by atoms with Crippen LogP contribution < -0.4 is 19.7 Å². The number of nitrogens with one attached hydrogen (secondary N) is 1. The minimum absolute atomic E-state index is 0.213. The molecule has 3 N–H and O–H groups in total. The van der Waals surface area contributed by atoms with Crippen molar-refractivity contribution in [3.05, 3.63) is 42.9 Å². The molecule has 1 saturated carbocycles. The molecule has 0 bridgehead atoms.